The molecule has 192 valence electrons. The fourth-order valence-corrected chi connectivity index (χ4v) is 3.90. The Balaban J connectivity index is 1.64. The van der Waals surface area contributed by atoms with Crippen LogP contribution in [0.2, 0.25) is 0 Å². The summed E-state index contributed by atoms with van der Waals surface area (Å²) in [4.78, 5) is 20.4. The molecule has 38 heavy (non-hydrogen) atoms. The number of hydrogen-bond acceptors (Lipinski definition) is 5. The van der Waals surface area contributed by atoms with Gasteiger partial charge in [-0.05, 0) is 48.9 Å². The molecular weight excluding hydrogens is 507 g/mol. The maximum Gasteiger partial charge on any atom is 0.343 e. The monoisotopic (exact) mass is 524 g/mol. The molecule has 5 nitrogen and oxygen atoms in total. The lowest BCUT2D eigenvalue weighted by molar-refractivity contribution is 0.0735. The molecule has 2 aromatic heterocycles. The minimum Gasteiger partial charge on any atom is -0.456 e. The number of aromatic nitrogens is 2. The van der Waals surface area contributed by atoms with Gasteiger partial charge in [0.05, 0.1) is 11.1 Å². The highest BCUT2D eigenvalue weighted by Crippen LogP contribution is 2.39. The molecule has 0 radical (unpaired) electrons. The van der Waals surface area contributed by atoms with Gasteiger partial charge in [0.25, 0.3) is 12.9 Å². The zero-order valence-corrected chi connectivity index (χ0v) is 19.6. The van der Waals surface area contributed by atoms with Crippen molar-refractivity contribution in [2.75, 3.05) is 0 Å². The lowest BCUT2D eigenvalue weighted by Crippen LogP contribution is -2.09. The molecule has 0 fully saturated rings. The van der Waals surface area contributed by atoms with Gasteiger partial charge in [0, 0.05) is 22.9 Å². The molecule has 0 N–H and O–H groups in total. The van der Waals surface area contributed by atoms with Crippen molar-refractivity contribution in [3.05, 3.63) is 101 Å². The first-order chi connectivity index (χ1) is 18.2. The van der Waals surface area contributed by atoms with E-state index in [0.29, 0.717) is 5.56 Å². The van der Waals surface area contributed by atoms with Crippen molar-refractivity contribution >= 4 is 27.8 Å². The highest BCUT2D eigenvalue weighted by molar-refractivity contribution is 5.95. The summed E-state index contributed by atoms with van der Waals surface area (Å²) in [6.45, 7) is 1.60. The zero-order valence-electron chi connectivity index (χ0n) is 19.6. The number of carbonyl (C=O) groups excluding carboxylic acids is 1. The number of alkyl halides is 4. The molecule has 0 spiro atoms. The lowest BCUT2D eigenvalue weighted by atomic mass is 10.1. The second kappa shape index (κ2) is 10.0. The summed E-state index contributed by atoms with van der Waals surface area (Å²) < 4.78 is 79.9. The van der Waals surface area contributed by atoms with E-state index in [-0.39, 0.29) is 44.6 Å². The summed E-state index contributed by atoms with van der Waals surface area (Å²) >= 11 is 0. The fourth-order valence-electron chi connectivity index (χ4n) is 3.90. The molecule has 0 aliphatic rings. The summed E-state index contributed by atoms with van der Waals surface area (Å²) in [5, 5.41) is 0.314. The first kappa shape index (κ1) is 25.1. The van der Waals surface area contributed by atoms with Crippen LogP contribution in [0.3, 0.4) is 0 Å². The second-order valence-electron chi connectivity index (χ2n) is 8.32. The predicted octanol–water partition coefficient (Wildman–Crippen LogP) is 8.12. The van der Waals surface area contributed by atoms with Crippen LogP contribution in [0.4, 0.5) is 22.0 Å². The van der Waals surface area contributed by atoms with Crippen molar-refractivity contribution in [1.29, 1.82) is 0 Å². The van der Waals surface area contributed by atoms with Crippen molar-refractivity contribution < 1.29 is 36.2 Å². The Bertz CT molecular complexity index is 1680. The number of para-hydroxylation sites is 1. The van der Waals surface area contributed by atoms with Gasteiger partial charge in [-0.1, -0.05) is 24.3 Å². The number of pyridine rings is 2. The molecule has 2 heterocycles. The van der Waals surface area contributed by atoms with Crippen molar-refractivity contribution in [1.82, 2.24) is 9.97 Å². The van der Waals surface area contributed by atoms with Crippen LogP contribution in [0.25, 0.3) is 21.8 Å². The van der Waals surface area contributed by atoms with Crippen molar-refractivity contribution in [2.45, 2.75) is 19.8 Å². The Morgan fingerprint density at radius 1 is 0.763 bits per heavy atom. The minimum absolute atomic E-state index is 0.0905. The molecule has 0 saturated carbocycles. The van der Waals surface area contributed by atoms with Crippen LogP contribution in [-0.4, -0.2) is 15.9 Å². The van der Waals surface area contributed by atoms with Crippen LogP contribution in [0.15, 0.2) is 72.8 Å². The van der Waals surface area contributed by atoms with E-state index in [2.05, 4.69) is 9.97 Å². The van der Waals surface area contributed by atoms with E-state index in [1.807, 2.05) is 0 Å². The maximum absolute atomic E-state index is 14.4. The standard InChI is InChI=1S/C28H17F5N2O3/c1-14-10-19-17(24(12-20(34-19)26(30)31)38-28(36)15-6-3-2-4-7-15)11-22(14)37-23-13-21(27(32)33)35-25-16(23)8-5-9-18(25)29/h2-13,26-27H,1H3. The van der Waals surface area contributed by atoms with Gasteiger partial charge in [-0.3, -0.25) is 0 Å². The number of esters is 1. The number of hydrogen-bond donors (Lipinski definition) is 0. The van der Waals surface area contributed by atoms with E-state index in [9.17, 15) is 26.7 Å². The van der Waals surface area contributed by atoms with E-state index < -0.39 is 36.0 Å². The molecule has 0 atom stereocenters. The summed E-state index contributed by atoms with van der Waals surface area (Å²) in [7, 11) is 0. The third kappa shape index (κ3) is 4.84. The predicted molar refractivity (Wildman–Crippen MR) is 130 cm³/mol. The fraction of sp³-hybridized carbons (Fsp3) is 0.107. The zero-order chi connectivity index (χ0) is 27.0. The Morgan fingerprint density at radius 2 is 1.45 bits per heavy atom. The van der Waals surface area contributed by atoms with Crippen LogP contribution in [0.1, 0.15) is 40.2 Å². The van der Waals surface area contributed by atoms with Gasteiger partial charge in [-0.2, -0.15) is 0 Å². The van der Waals surface area contributed by atoms with Crippen LogP contribution >= 0.6 is 0 Å². The van der Waals surface area contributed by atoms with E-state index in [0.717, 1.165) is 18.2 Å². The number of aryl methyl sites for hydroxylation is 1. The summed E-state index contributed by atoms with van der Waals surface area (Å²) in [5.41, 5.74) is -0.863. The summed E-state index contributed by atoms with van der Waals surface area (Å²) in [5.74, 6) is -1.74. The van der Waals surface area contributed by atoms with Crippen LogP contribution in [0, 0.1) is 12.7 Å². The van der Waals surface area contributed by atoms with Crippen LogP contribution in [-0.2, 0) is 0 Å². The molecule has 10 heteroatoms. The van der Waals surface area contributed by atoms with E-state index in [1.54, 1.807) is 25.1 Å². The molecule has 5 rings (SSSR count). The van der Waals surface area contributed by atoms with Crippen molar-refractivity contribution in [3.8, 4) is 17.2 Å². The van der Waals surface area contributed by atoms with Crippen LogP contribution in [0.5, 0.6) is 17.2 Å². The van der Waals surface area contributed by atoms with Gasteiger partial charge in [0.2, 0.25) is 0 Å². The lowest BCUT2D eigenvalue weighted by Gasteiger charge is -2.15. The average molecular weight is 524 g/mol. The minimum atomic E-state index is -2.99. The van der Waals surface area contributed by atoms with Gasteiger partial charge >= 0.3 is 5.97 Å². The van der Waals surface area contributed by atoms with Gasteiger partial charge in [-0.25, -0.2) is 36.7 Å². The normalized spacial score (nSPS) is 11.5. The number of carbonyl (C=O) groups is 1. The smallest absolute Gasteiger partial charge is 0.343 e. The van der Waals surface area contributed by atoms with Crippen molar-refractivity contribution in [3.63, 3.8) is 0 Å². The van der Waals surface area contributed by atoms with Crippen LogP contribution < -0.4 is 9.47 Å². The molecule has 0 aliphatic heterocycles. The Kier molecular flexibility index (Phi) is 6.62. The second-order valence-corrected chi connectivity index (χ2v) is 8.32. The highest BCUT2D eigenvalue weighted by atomic mass is 19.3. The van der Waals surface area contributed by atoms with E-state index in [4.69, 9.17) is 9.47 Å². The number of nitrogens with zero attached hydrogens (tertiary/aromatic N) is 2. The summed E-state index contributed by atoms with van der Waals surface area (Å²) in [6.07, 6.45) is -5.92. The number of rotatable bonds is 6. The Labute approximate surface area is 212 Å². The van der Waals surface area contributed by atoms with E-state index in [1.165, 1.54) is 36.4 Å². The number of halogens is 5. The number of ether oxygens (including phenoxy) is 2. The van der Waals surface area contributed by atoms with Gasteiger partial charge < -0.3 is 9.47 Å². The Morgan fingerprint density at radius 3 is 2.16 bits per heavy atom. The Hall–Kier alpha value is -4.60. The van der Waals surface area contributed by atoms with Gasteiger partial charge in [0.15, 0.2) is 0 Å². The quantitative estimate of drug-likeness (QED) is 0.166. The summed E-state index contributed by atoms with van der Waals surface area (Å²) in [6, 6.07) is 16.7. The first-order valence-corrected chi connectivity index (χ1v) is 11.3. The number of benzene rings is 3. The van der Waals surface area contributed by atoms with E-state index >= 15 is 0 Å². The molecule has 0 amide bonds. The highest BCUT2D eigenvalue weighted by Gasteiger charge is 2.21. The molecule has 3 aromatic carbocycles. The number of fused-ring (bicyclic) bond motifs is 2. The molecule has 0 bridgehead atoms. The van der Waals surface area contributed by atoms with Gasteiger partial charge in [0.1, 0.15) is 40.0 Å². The SMILES string of the molecule is Cc1cc2nc(C(F)F)cc(OC(=O)c3ccccc3)c2cc1Oc1cc(C(F)F)nc2c(F)cccc12. The molecule has 0 saturated heterocycles. The first-order valence-electron chi connectivity index (χ1n) is 11.3. The molecule has 0 aliphatic carbocycles. The third-order valence-electron chi connectivity index (χ3n) is 5.74. The average Bonchev–Trinajstić information content (AvgIpc) is 2.90. The largest absolute Gasteiger partial charge is 0.456 e. The topological polar surface area (TPSA) is 61.3 Å². The van der Waals surface area contributed by atoms with Gasteiger partial charge in [-0.15, -0.1) is 0 Å². The third-order valence-corrected chi connectivity index (χ3v) is 5.74. The molecule has 5 aromatic rings. The maximum atomic E-state index is 14.4. The molecular formula is C28H17F5N2O3. The van der Waals surface area contributed by atoms with Crippen molar-refractivity contribution in [2.24, 2.45) is 0 Å². The molecule has 0 unspecified atom stereocenters.